The van der Waals surface area contributed by atoms with E-state index in [-0.39, 0.29) is 19.4 Å². The number of hydrogen-bond acceptors (Lipinski definition) is 4. The summed E-state index contributed by atoms with van der Waals surface area (Å²) in [5, 5.41) is 8.90. The summed E-state index contributed by atoms with van der Waals surface area (Å²) in [5.41, 5.74) is -1.77. The lowest BCUT2D eigenvalue weighted by Crippen LogP contribution is -2.37. The molecule has 0 aromatic heterocycles. The van der Waals surface area contributed by atoms with Crippen LogP contribution in [0.1, 0.15) is 19.8 Å². The van der Waals surface area contributed by atoms with Gasteiger partial charge in [-0.15, -0.1) is 0 Å². The molecule has 18 heavy (non-hydrogen) atoms. The van der Waals surface area contributed by atoms with E-state index in [0.717, 1.165) is 14.0 Å². The summed E-state index contributed by atoms with van der Waals surface area (Å²) in [6.45, 7) is -0.515. The minimum Gasteiger partial charge on any atom is -0.480 e. The van der Waals surface area contributed by atoms with E-state index in [9.17, 15) is 22.8 Å². The van der Waals surface area contributed by atoms with Crippen LogP contribution < -0.4 is 0 Å². The van der Waals surface area contributed by atoms with Crippen LogP contribution in [0.25, 0.3) is 0 Å². The van der Waals surface area contributed by atoms with Crippen molar-refractivity contribution in [3.63, 3.8) is 0 Å². The second-order valence-electron chi connectivity index (χ2n) is 3.90. The molecule has 0 saturated heterocycles. The molecule has 0 aliphatic carbocycles. The summed E-state index contributed by atoms with van der Waals surface area (Å²) in [6, 6.07) is 0. The Morgan fingerprint density at radius 1 is 1.28 bits per heavy atom. The number of rotatable bonds is 7. The van der Waals surface area contributed by atoms with Crippen LogP contribution >= 0.6 is 0 Å². The average molecular weight is 272 g/mol. The fourth-order valence-electron chi connectivity index (χ4n) is 1.24. The largest absolute Gasteiger partial charge is 0.480 e. The van der Waals surface area contributed by atoms with Crippen LogP contribution in [-0.4, -0.2) is 43.5 Å². The second kappa shape index (κ2) is 6.58. The molecular formula is C10H15F3O5. The molecule has 0 radical (unpaired) electrons. The molecule has 0 rings (SSSR count). The van der Waals surface area contributed by atoms with Crippen molar-refractivity contribution >= 4 is 11.9 Å². The summed E-state index contributed by atoms with van der Waals surface area (Å²) in [5.74, 6) is -2.32. The van der Waals surface area contributed by atoms with Gasteiger partial charge in [0.15, 0.2) is 5.41 Å². The topological polar surface area (TPSA) is 72.8 Å². The fraction of sp³-hybridized carbons (Fsp3) is 0.800. The molecule has 0 amide bonds. The minimum absolute atomic E-state index is 0.00792. The van der Waals surface area contributed by atoms with E-state index in [4.69, 9.17) is 5.11 Å². The number of ether oxygens (including phenoxy) is 2. The molecule has 8 heteroatoms. The Labute approximate surface area is 102 Å². The highest BCUT2D eigenvalue weighted by atomic mass is 19.4. The zero-order chi connectivity index (χ0) is 14.4. The van der Waals surface area contributed by atoms with Crippen molar-refractivity contribution in [3.05, 3.63) is 0 Å². The number of hydrogen-bond donors (Lipinski definition) is 1. The zero-order valence-corrected chi connectivity index (χ0v) is 10.0. The van der Waals surface area contributed by atoms with Gasteiger partial charge in [-0.1, -0.05) is 0 Å². The molecule has 0 aromatic carbocycles. The summed E-state index contributed by atoms with van der Waals surface area (Å²) >= 11 is 0. The smallest absolute Gasteiger partial charge is 0.411 e. The van der Waals surface area contributed by atoms with E-state index in [0.29, 0.717) is 0 Å². The third kappa shape index (κ3) is 5.35. The fourth-order valence-corrected chi connectivity index (χ4v) is 1.24. The first-order valence-electron chi connectivity index (χ1n) is 5.10. The predicted molar refractivity (Wildman–Crippen MR) is 53.9 cm³/mol. The normalized spacial score (nSPS) is 14.9. The van der Waals surface area contributed by atoms with Gasteiger partial charge in [-0.3, -0.25) is 9.59 Å². The molecule has 0 heterocycles. The van der Waals surface area contributed by atoms with Gasteiger partial charge in [0.25, 0.3) is 0 Å². The Bertz CT molecular complexity index is 302. The van der Waals surface area contributed by atoms with E-state index in [1.54, 1.807) is 0 Å². The van der Waals surface area contributed by atoms with Gasteiger partial charge in [0, 0.05) is 6.61 Å². The van der Waals surface area contributed by atoms with Gasteiger partial charge in [0.1, 0.15) is 6.61 Å². The monoisotopic (exact) mass is 272 g/mol. The molecule has 1 unspecified atom stereocenters. The molecule has 0 aliphatic rings. The third-order valence-corrected chi connectivity index (χ3v) is 2.34. The number of carboxylic acid groups (broad SMARTS) is 1. The lowest BCUT2D eigenvalue weighted by Gasteiger charge is -2.21. The van der Waals surface area contributed by atoms with Gasteiger partial charge in [-0.05, 0) is 19.8 Å². The van der Waals surface area contributed by atoms with Crippen LogP contribution in [0.2, 0.25) is 0 Å². The lowest BCUT2D eigenvalue weighted by atomic mass is 9.86. The Balaban J connectivity index is 4.15. The minimum atomic E-state index is -4.42. The summed E-state index contributed by atoms with van der Waals surface area (Å²) < 4.78 is 43.9. The molecule has 1 N–H and O–H groups in total. The molecule has 0 spiro atoms. The van der Waals surface area contributed by atoms with Gasteiger partial charge in [-0.2, -0.15) is 13.2 Å². The number of carboxylic acids is 1. The third-order valence-electron chi connectivity index (χ3n) is 2.34. The maximum Gasteiger partial charge on any atom is 0.411 e. The molecular weight excluding hydrogens is 257 g/mol. The maximum atomic E-state index is 11.7. The quantitative estimate of drug-likeness (QED) is 0.433. The molecule has 5 nitrogen and oxygen atoms in total. The summed E-state index contributed by atoms with van der Waals surface area (Å²) in [7, 11) is 1.05. The molecule has 1 atom stereocenters. The van der Waals surface area contributed by atoms with Gasteiger partial charge in [-0.25, -0.2) is 0 Å². The Morgan fingerprint density at radius 2 is 1.83 bits per heavy atom. The number of carbonyl (C=O) groups excluding carboxylic acids is 1. The maximum absolute atomic E-state index is 11.7. The molecule has 0 aliphatic heterocycles. The number of carbonyl (C=O) groups is 2. The van der Waals surface area contributed by atoms with Crippen molar-refractivity contribution in [2.45, 2.75) is 25.9 Å². The average Bonchev–Trinajstić information content (AvgIpc) is 2.25. The van der Waals surface area contributed by atoms with Crippen molar-refractivity contribution in [2.24, 2.45) is 5.41 Å². The number of aliphatic carboxylic acids is 1. The van der Waals surface area contributed by atoms with Crippen molar-refractivity contribution < 1.29 is 37.3 Å². The van der Waals surface area contributed by atoms with Crippen molar-refractivity contribution in [1.82, 2.24) is 0 Å². The molecule has 106 valence electrons. The first-order valence-corrected chi connectivity index (χ1v) is 5.10. The van der Waals surface area contributed by atoms with Gasteiger partial charge in [0.2, 0.25) is 0 Å². The number of methoxy groups -OCH3 is 1. The lowest BCUT2D eigenvalue weighted by molar-refractivity contribution is -0.176. The van der Waals surface area contributed by atoms with Crippen LogP contribution in [0.5, 0.6) is 0 Å². The van der Waals surface area contributed by atoms with Crippen LogP contribution in [0.4, 0.5) is 13.2 Å². The first-order chi connectivity index (χ1) is 8.13. The Kier molecular flexibility index (Phi) is 6.10. The summed E-state index contributed by atoms with van der Waals surface area (Å²) in [4.78, 5) is 22.2. The highest BCUT2D eigenvalue weighted by Gasteiger charge is 2.42. The van der Waals surface area contributed by atoms with E-state index >= 15 is 0 Å². The highest BCUT2D eigenvalue weighted by molar-refractivity contribution is 5.98. The van der Waals surface area contributed by atoms with Crippen LogP contribution in [0.15, 0.2) is 0 Å². The van der Waals surface area contributed by atoms with Gasteiger partial charge < -0.3 is 14.6 Å². The molecule has 0 aromatic rings. The van der Waals surface area contributed by atoms with Crippen LogP contribution in [0, 0.1) is 5.41 Å². The van der Waals surface area contributed by atoms with Crippen molar-refractivity contribution in [1.29, 1.82) is 0 Å². The second-order valence-corrected chi connectivity index (χ2v) is 3.90. The number of alkyl halides is 3. The Morgan fingerprint density at radius 3 is 2.22 bits per heavy atom. The van der Waals surface area contributed by atoms with Crippen LogP contribution in [-0.2, 0) is 19.1 Å². The highest BCUT2D eigenvalue weighted by Crippen LogP contribution is 2.25. The van der Waals surface area contributed by atoms with E-state index in [2.05, 4.69) is 9.47 Å². The Hall–Kier alpha value is -1.31. The SMILES string of the molecule is COC(=O)C(C)(CCCOCC(F)(F)F)C(=O)O. The molecule has 0 bridgehead atoms. The predicted octanol–water partition coefficient (Wildman–Crippen LogP) is 1.61. The first kappa shape index (κ1) is 16.7. The standard InChI is InChI=1S/C10H15F3O5/c1-9(7(14)15,8(16)17-2)4-3-5-18-6-10(11,12)13/h3-6H2,1-2H3,(H,14,15). The molecule has 0 saturated carbocycles. The summed E-state index contributed by atoms with van der Waals surface area (Å²) in [6.07, 6.45) is -4.57. The van der Waals surface area contributed by atoms with Crippen molar-refractivity contribution in [2.75, 3.05) is 20.3 Å². The van der Waals surface area contributed by atoms with Crippen LogP contribution in [0.3, 0.4) is 0 Å². The van der Waals surface area contributed by atoms with E-state index < -0.39 is 30.1 Å². The van der Waals surface area contributed by atoms with E-state index in [1.165, 1.54) is 0 Å². The van der Waals surface area contributed by atoms with Crippen molar-refractivity contribution in [3.8, 4) is 0 Å². The van der Waals surface area contributed by atoms with Gasteiger partial charge >= 0.3 is 18.1 Å². The van der Waals surface area contributed by atoms with E-state index in [1.807, 2.05) is 0 Å². The zero-order valence-electron chi connectivity index (χ0n) is 10.0. The van der Waals surface area contributed by atoms with Gasteiger partial charge in [0.05, 0.1) is 7.11 Å². The number of halogens is 3. The molecule has 0 fully saturated rings. The number of esters is 1.